The molecule has 0 N–H and O–H groups in total. The Kier molecular flexibility index (Phi) is 5.79. The number of nitrogens with zero attached hydrogens (tertiary/aromatic N) is 3. The summed E-state index contributed by atoms with van der Waals surface area (Å²) in [5.74, 6) is 1.97. The van der Waals surface area contributed by atoms with Gasteiger partial charge in [0, 0.05) is 16.7 Å². The van der Waals surface area contributed by atoms with E-state index in [0.717, 1.165) is 22.1 Å². The van der Waals surface area contributed by atoms with Gasteiger partial charge in [-0.25, -0.2) is 15.0 Å². The molecule has 3 nitrogen and oxygen atoms in total. The molecule has 1 aromatic heterocycles. The molecule has 0 aliphatic carbocycles. The SMILES string of the molecule is c1ccc(-c2nc(-c3ccc4ccccc4c3)nc(-c3ccc4cccc(-c5ccc6ccccc6c5)c4c3)n2)cc1. The molecule has 7 aromatic carbocycles. The van der Waals surface area contributed by atoms with E-state index in [-0.39, 0.29) is 0 Å². The van der Waals surface area contributed by atoms with Gasteiger partial charge in [0.15, 0.2) is 17.5 Å². The van der Waals surface area contributed by atoms with E-state index in [0.29, 0.717) is 17.5 Å². The number of fused-ring (bicyclic) bond motifs is 3. The van der Waals surface area contributed by atoms with Crippen LogP contribution >= 0.6 is 0 Å². The van der Waals surface area contributed by atoms with Crippen LogP contribution in [0.2, 0.25) is 0 Å². The Balaban J connectivity index is 1.31. The van der Waals surface area contributed by atoms with Gasteiger partial charge in [-0.05, 0) is 61.6 Å². The molecule has 3 heteroatoms. The van der Waals surface area contributed by atoms with E-state index < -0.39 is 0 Å². The van der Waals surface area contributed by atoms with Gasteiger partial charge < -0.3 is 0 Å². The van der Waals surface area contributed by atoms with Crippen molar-refractivity contribution in [1.82, 2.24) is 15.0 Å². The summed E-state index contributed by atoms with van der Waals surface area (Å²) in [6, 6.07) is 53.0. The first kappa shape index (κ1) is 24.2. The number of hydrogen-bond acceptors (Lipinski definition) is 3. The molecule has 0 spiro atoms. The number of aromatic nitrogens is 3. The monoisotopic (exact) mass is 535 g/mol. The van der Waals surface area contributed by atoms with Gasteiger partial charge in [0.05, 0.1) is 0 Å². The predicted octanol–water partition coefficient (Wildman–Crippen LogP) is 10.00. The average molecular weight is 536 g/mol. The van der Waals surface area contributed by atoms with E-state index in [1.165, 1.54) is 38.1 Å². The lowest BCUT2D eigenvalue weighted by Crippen LogP contribution is -2.00. The summed E-state index contributed by atoms with van der Waals surface area (Å²) >= 11 is 0. The second-order valence-corrected chi connectivity index (χ2v) is 10.5. The van der Waals surface area contributed by atoms with E-state index in [9.17, 15) is 0 Å². The van der Waals surface area contributed by atoms with Gasteiger partial charge in [-0.3, -0.25) is 0 Å². The Morgan fingerprint density at radius 3 is 1.43 bits per heavy atom. The summed E-state index contributed by atoms with van der Waals surface area (Å²) in [5.41, 5.74) is 5.26. The molecule has 0 radical (unpaired) electrons. The van der Waals surface area contributed by atoms with Crippen LogP contribution in [0.5, 0.6) is 0 Å². The minimum absolute atomic E-state index is 0.655. The van der Waals surface area contributed by atoms with E-state index in [1.807, 2.05) is 30.3 Å². The van der Waals surface area contributed by atoms with Crippen molar-refractivity contribution in [2.24, 2.45) is 0 Å². The van der Waals surface area contributed by atoms with Crippen molar-refractivity contribution in [3.05, 3.63) is 152 Å². The molecule has 0 saturated heterocycles. The summed E-state index contributed by atoms with van der Waals surface area (Å²) in [5, 5.41) is 7.16. The van der Waals surface area contributed by atoms with Crippen LogP contribution in [0.1, 0.15) is 0 Å². The fourth-order valence-electron chi connectivity index (χ4n) is 5.70. The van der Waals surface area contributed by atoms with E-state index in [2.05, 4.69) is 121 Å². The highest BCUT2D eigenvalue weighted by Gasteiger charge is 2.14. The Morgan fingerprint density at radius 1 is 0.286 bits per heavy atom. The molecule has 0 atom stereocenters. The van der Waals surface area contributed by atoms with Gasteiger partial charge in [-0.2, -0.15) is 0 Å². The minimum atomic E-state index is 0.655. The van der Waals surface area contributed by atoms with Crippen LogP contribution in [0.15, 0.2) is 152 Å². The maximum absolute atomic E-state index is 5.03. The zero-order valence-electron chi connectivity index (χ0n) is 22.8. The Morgan fingerprint density at radius 2 is 0.762 bits per heavy atom. The van der Waals surface area contributed by atoms with Crippen LogP contribution in [0.25, 0.3) is 77.6 Å². The molecule has 0 fully saturated rings. The van der Waals surface area contributed by atoms with Crippen molar-refractivity contribution in [3.8, 4) is 45.3 Å². The van der Waals surface area contributed by atoms with Crippen LogP contribution in [0.3, 0.4) is 0 Å². The van der Waals surface area contributed by atoms with E-state index in [1.54, 1.807) is 0 Å². The molecule has 0 aliphatic rings. The highest BCUT2D eigenvalue weighted by atomic mass is 15.0. The van der Waals surface area contributed by atoms with Gasteiger partial charge in [0.1, 0.15) is 0 Å². The Bertz CT molecular complexity index is 2250. The lowest BCUT2D eigenvalue weighted by atomic mass is 9.95. The van der Waals surface area contributed by atoms with Crippen molar-refractivity contribution >= 4 is 32.3 Å². The molecule has 0 bridgehead atoms. The lowest BCUT2D eigenvalue weighted by molar-refractivity contribution is 1.08. The molecule has 0 aliphatic heterocycles. The smallest absolute Gasteiger partial charge is 0.164 e. The van der Waals surface area contributed by atoms with Gasteiger partial charge in [0.2, 0.25) is 0 Å². The maximum Gasteiger partial charge on any atom is 0.164 e. The van der Waals surface area contributed by atoms with Crippen molar-refractivity contribution in [1.29, 1.82) is 0 Å². The molecule has 0 saturated carbocycles. The highest BCUT2D eigenvalue weighted by molar-refractivity contribution is 6.00. The fraction of sp³-hybridized carbons (Fsp3) is 0. The largest absolute Gasteiger partial charge is 0.208 e. The molecule has 0 amide bonds. The Hall–Kier alpha value is -5.67. The fourth-order valence-corrected chi connectivity index (χ4v) is 5.70. The van der Waals surface area contributed by atoms with Crippen LogP contribution < -0.4 is 0 Å². The van der Waals surface area contributed by atoms with Crippen LogP contribution in [0.4, 0.5) is 0 Å². The second kappa shape index (κ2) is 10.1. The quantitative estimate of drug-likeness (QED) is 0.225. The zero-order chi connectivity index (χ0) is 27.9. The van der Waals surface area contributed by atoms with Gasteiger partial charge >= 0.3 is 0 Å². The van der Waals surface area contributed by atoms with Crippen molar-refractivity contribution in [2.45, 2.75) is 0 Å². The first-order chi connectivity index (χ1) is 20.8. The number of benzene rings is 7. The third-order valence-electron chi connectivity index (χ3n) is 7.88. The zero-order valence-corrected chi connectivity index (χ0v) is 22.8. The minimum Gasteiger partial charge on any atom is -0.208 e. The summed E-state index contributed by atoms with van der Waals surface area (Å²) in [4.78, 5) is 15.0. The Labute approximate surface area is 243 Å². The number of rotatable bonds is 4. The van der Waals surface area contributed by atoms with Crippen molar-refractivity contribution in [2.75, 3.05) is 0 Å². The van der Waals surface area contributed by atoms with Crippen molar-refractivity contribution < 1.29 is 0 Å². The van der Waals surface area contributed by atoms with Gasteiger partial charge in [-0.15, -0.1) is 0 Å². The van der Waals surface area contributed by atoms with Gasteiger partial charge in [0.25, 0.3) is 0 Å². The first-order valence-corrected chi connectivity index (χ1v) is 14.1. The number of hydrogen-bond donors (Lipinski definition) is 0. The molecule has 196 valence electrons. The molecule has 8 rings (SSSR count). The first-order valence-electron chi connectivity index (χ1n) is 14.1. The molecular weight excluding hydrogens is 510 g/mol. The van der Waals surface area contributed by atoms with E-state index in [4.69, 9.17) is 15.0 Å². The summed E-state index contributed by atoms with van der Waals surface area (Å²) in [6.45, 7) is 0. The van der Waals surface area contributed by atoms with Crippen LogP contribution in [-0.4, -0.2) is 15.0 Å². The van der Waals surface area contributed by atoms with Crippen molar-refractivity contribution in [3.63, 3.8) is 0 Å². The molecular formula is C39H25N3. The molecule has 1 heterocycles. The molecule has 0 unspecified atom stereocenters. The lowest BCUT2D eigenvalue weighted by Gasteiger charge is -2.12. The average Bonchev–Trinajstić information content (AvgIpc) is 3.07. The normalized spacial score (nSPS) is 11.3. The maximum atomic E-state index is 5.03. The second-order valence-electron chi connectivity index (χ2n) is 10.5. The topological polar surface area (TPSA) is 38.7 Å². The molecule has 8 aromatic rings. The van der Waals surface area contributed by atoms with E-state index >= 15 is 0 Å². The highest BCUT2D eigenvalue weighted by Crippen LogP contribution is 2.34. The summed E-state index contributed by atoms with van der Waals surface area (Å²) in [6.07, 6.45) is 0. The predicted molar refractivity (Wildman–Crippen MR) is 174 cm³/mol. The van der Waals surface area contributed by atoms with Crippen LogP contribution in [0, 0.1) is 0 Å². The third kappa shape index (κ3) is 4.38. The summed E-state index contributed by atoms with van der Waals surface area (Å²) in [7, 11) is 0. The standard InChI is InChI=1S/C39H25N3/c1-2-11-29(12-3-1)37-40-38(33-21-18-27-10-5-7-14-31(27)24-33)42-39(41-37)34-22-19-28-15-8-16-35(36(28)25-34)32-20-17-26-9-4-6-13-30(26)23-32/h1-25H. The van der Waals surface area contributed by atoms with Crippen LogP contribution in [-0.2, 0) is 0 Å². The van der Waals surface area contributed by atoms with Gasteiger partial charge in [-0.1, -0.05) is 133 Å². The summed E-state index contributed by atoms with van der Waals surface area (Å²) < 4.78 is 0. The third-order valence-corrected chi connectivity index (χ3v) is 7.88. The molecule has 42 heavy (non-hydrogen) atoms.